The third-order valence-corrected chi connectivity index (χ3v) is 14.8. The van der Waals surface area contributed by atoms with Gasteiger partial charge in [0.1, 0.15) is 0 Å². The molecule has 8 aliphatic rings. The van der Waals surface area contributed by atoms with Gasteiger partial charge in [-0.1, -0.05) is 50.4 Å². The highest BCUT2D eigenvalue weighted by Crippen LogP contribution is 2.78. The second kappa shape index (κ2) is 6.38. The van der Waals surface area contributed by atoms with Crippen molar-refractivity contribution < 1.29 is 0 Å². The zero-order valence-corrected chi connectivity index (χ0v) is 19.8. The van der Waals surface area contributed by atoms with E-state index in [4.69, 9.17) is 0 Å². The standard InChI is InChI=1S/C30H37P/c1-2-6-27-26(4-1)5-3-7-28(27)31(29-14-20-8-21(15-29)10-22(9-20)16-29)30-17-23-11-24(18-30)13-25(12-23)19-30/h1-7,20-25H,8-19H2. The largest absolute Gasteiger partial charge is 0.0619 e. The van der Waals surface area contributed by atoms with Gasteiger partial charge in [0.05, 0.1) is 0 Å². The maximum absolute atomic E-state index is 2.63. The van der Waals surface area contributed by atoms with Crippen molar-refractivity contribution >= 4 is 24.0 Å². The van der Waals surface area contributed by atoms with Gasteiger partial charge >= 0.3 is 0 Å². The molecule has 0 aromatic heterocycles. The topological polar surface area (TPSA) is 0 Å². The molecule has 1 heteroatoms. The summed E-state index contributed by atoms with van der Waals surface area (Å²) >= 11 is 0. The number of hydrogen-bond donors (Lipinski definition) is 0. The molecule has 8 aliphatic carbocycles. The maximum Gasteiger partial charge on any atom is -0.00412 e. The Balaban J connectivity index is 1.35. The molecule has 2 aromatic rings. The third kappa shape index (κ3) is 2.64. The summed E-state index contributed by atoms with van der Waals surface area (Å²) in [6, 6.07) is 16.9. The van der Waals surface area contributed by atoms with Gasteiger partial charge in [-0.15, -0.1) is 0 Å². The molecule has 0 aliphatic heterocycles. The highest BCUT2D eigenvalue weighted by molar-refractivity contribution is 7.69. The minimum absolute atomic E-state index is 0.104. The Hall–Kier alpha value is -0.870. The number of rotatable bonds is 3. The van der Waals surface area contributed by atoms with E-state index in [-0.39, 0.29) is 7.92 Å². The van der Waals surface area contributed by atoms with E-state index in [1.165, 1.54) is 5.39 Å². The van der Waals surface area contributed by atoms with Gasteiger partial charge < -0.3 is 0 Å². The Bertz CT molecular complexity index is 914. The highest BCUT2D eigenvalue weighted by atomic mass is 31.1. The van der Waals surface area contributed by atoms with Crippen LogP contribution in [0.15, 0.2) is 42.5 Å². The van der Waals surface area contributed by atoms with Crippen LogP contribution in [0.5, 0.6) is 0 Å². The summed E-state index contributed by atoms with van der Waals surface area (Å²) in [5.41, 5.74) is 0. The van der Waals surface area contributed by atoms with Crippen molar-refractivity contribution in [1.29, 1.82) is 0 Å². The van der Waals surface area contributed by atoms with Gasteiger partial charge in [0, 0.05) is 0 Å². The first kappa shape index (κ1) is 18.5. The zero-order chi connectivity index (χ0) is 20.2. The summed E-state index contributed by atoms with van der Waals surface area (Å²) in [5.74, 6) is 6.42. The summed E-state index contributed by atoms with van der Waals surface area (Å²) in [7, 11) is -0.104. The van der Waals surface area contributed by atoms with E-state index < -0.39 is 0 Å². The van der Waals surface area contributed by atoms with Gasteiger partial charge in [0.15, 0.2) is 0 Å². The first-order chi connectivity index (χ1) is 15.2. The molecule has 0 spiro atoms. The summed E-state index contributed by atoms with van der Waals surface area (Å²) in [6.45, 7) is 0. The van der Waals surface area contributed by atoms with Gasteiger partial charge in [0.25, 0.3) is 0 Å². The normalized spacial score (nSPS) is 47.9. The molecule has 8 fully saturated rings. The van der Waals surface area contributed by atoms with E-state index in [2.05, 4.69) is 42.5 Å². The van der Waals surface area contributed by atoms with Crippen molar-refractivity contribution in [3.8, 4) is 0 Å². The van der Waals surface area contributed by atoms with Gasteiger partial charge in [-0.2, -0.15) is 0 Å². The minimum atomic E-state index is -0.104. The average molecular weight is 429 g/mol. The summed E-state index contributed by atoms with van der Waals surface area (Å²) in [6.07, 6.45) is 19.1. The van der Waals surface area contributed by atoms with Crippen LogP contribution in [-0.2, 0) is 0 Å². The Morgan fingerprint density at radius 2 is 0.935 bits per heavy atom. The molecule has 0 saturated heterocycles. The van der Waals surface area contributed by atoms with Crippen molar-refractivity contribution in [1.82, 2.24) is 0 Å². The minimum Gasteiger partial charge on any atom is -0.0619 e. The molecule has 162 valence electrons. The second-order valence-electron chi connectivity index (χ2n) is 13.1. The fourth-order valence-electron chi connectivity index (χ4n) is 11.1. The van der Waals surface area contributed by atoms with Crippen LogP contribution >= 0.6 is 7.92 Å². The van der Waals surface area contributed by atoms with Crippen LogP contribution in [0.1, 0.15) is 77.0 Å². The van der Waals surface area contributed by atoms with E-state index in [1.54, 1.807) is 82.4 Å². The summed E-state index contributed by atoms with van der Waals surface area (Å²) in [5, 5.41) is 6.33. The quantitative estimate of drug-likeness (QED) is 0.436. The first-order valence-corrected chi connectivity index (χ1v) is 14.8. The molecular formula is C30H37P. The molecule has 10 rings (SSSR count). The second-order valence-corrected chi connectivity index (χ2v) is 16.2. The highest BCUT2D eigenvalue weighted by Gasteiger charge is 2.63. The number of fused-ring (bicyclic) bond motifs is 1. The Morgan fingerprint density at radius 3 is 1.42 bits per heavy atom. The average Bonchev–Trinajstić information content (AvgIpc) is 2.72. The van der Waals surface area contributed by atoms with E-state index in [0.29, 0.717) is 10.3 Å². The van der Waals surface area contributed by atoms with Gasteiger partial charge in [0.2, 0.25) is 0 Å². The van der Waals surface area contributed by atoms with Crippen molar-refractivity contribution in [2.45, 2.75) is 87.4 Å². The lowest BCUT2D eigenvalue weighted by Gasteiger charge is -2.67. The van der Waals surface area contributed by atoms with E-state index in [0.717, 1.165) is 35.5 Å². The van der Waals surface area contributed by atoms with Gasteiger partial charge in [-0.3, -0.25) is 0 Å². The lowest BCUT2D eigenvalue weighted by atomic mass is 9.55. The van der Waals surface area contributed by atoms with Crippen molar-refractivity contribution in [3.63, 3.8) is 0 Å². The predicted molar refractivity (Wildman–Crippen MR) is 132 cm³/mol. The smallest absolute Gasteiger partial charge is 0.00412 e. The van der Waals surface area contributed by atoms with Gasteiger partial charge in [-0.05, 0) is 139 Å². The van der Waals surface area contributed by atoms with Crippen LogP contribution in [0.3, 0.4) is 0 Å². The molecule has 8 bridgehead atoms. The molecule has 31 heavy (non-hydrogen) atoms. The zero-order valence-electron chi connectivity index (χ0n) is 18.9. The van der Waals surface area contributed by atoms with Crippen LogP contribution in [-0.4, -0.2) is 10.3 Å². The molecule has 0 unspecified atom stereocenters. The molecule has 0 amide bonds. The molecule has 0 atom stereocenters. The molecule has 0 radical (unpaired) electrons. The fourth-order valence-corrected chi connectivity index (χ4v) is 16.4. The Kier molecular flexibility index (Phi) is 3.81. The van der Waals surface area contributed by atoms with Crippen molar-refractivity contribution in [2.24, 2.45) is 35.5 Å². The third-order valence-electron chi connectivity index (χ3n) is 11.0. The molecule has 2 aromatic carbocycles. The fraction of sp³-hybridized carbons (Fsp3) is 0.667. The van der Waals surface area contributed by atoms with Crippen LogP contribution in [0.25, 0.3) is 10.8 Å². The first-order valence-electron chi connectivity index (χ1n) is 13.5. The monoisotopic (exact) mass is 428 g/mol. The molecule has 0 heterocycles. The van der Waals surface area contributed by atoms with E-state index in [1.807, 2.05) is 5.30 Å². The van der Waals surface area contributed by atoms with Crippen LogP contribution < -0.4 is 5.30 Å². The van der Waals surface area contributed by atoms with Crippen LogP contribution in [0.4, 0.5) is 0 Å². The molecule has 0 N–H and O–H groups in total. The van der Waals surface area contributed by atoms with Crippen molar-refractivity contribution in [3.05, 3.63) is 42.5 Å². The maximum atomic E-state index is 2.63. The van der Waals surface area contributed by atoms with E-state index in [9.17, 15) is 0 Å². The molecule has 8 saturated carbocycles. The Labute approximate surface area is 189 Å². The van der Waals surface area contributed by atoms with Crippen molar-refractivity contribution in [2.75, 3.05) is 0 Å². The Morgan fingerprint density at radius 1 is 0.516 bits per heavy atom. The summed E-state index contributed by atoms with van der Waals surface area (Å²) in [4.78, 5) is 0. The lowest BCUT2D eigenvalue weighted by Crippen LogP contribution is -2.58. The van der Waals surface area contributed by atoms with Gasteiger partial charge in [-0.25, -0.2) is 0 Å². The lowest BCUT2D eigenvalue weighted by molar-refractivity contribution is 0.0195. The predicted octanol–water partition coefficient (Wildman–Crippen LogP) is 7.88. The van der Waals surface area contributed by atoms with E-state index >= 15 is 0 Å². The SMILES string of the molecule is c1ccc2c(P(C34CC5CC(CC(C5)C3)C4)C34CC5CC(CC(C5)C3)C4)cccc2c1. The number of hydrogen-bond acceptors (Lipinski definition) is 0. The summed E-state index contributed by atoms with van der Waals surface area (Å²) < 4.78 is 0. The molecular weight excluding hydrogens is 391 g/mol. The van der Waals surface area contributed by atoms with Crippen LogP contribution in [0.2, 0.25) is 0 Å². The number of benzene rings is 2. The molecule has 0 nitrogen and oxygen atoms in total. The van der Waals surface area contributed by atoms with Crippen LogP contribution in [0, 0.1) is 35.5 Å².